The van der Waals surface area contributed by atoms with Gasteiger partial charge in [0, 0.05) is 18.4 Å². The molecule has 0 unspecified atom stereocenters. The number of carboxylic acids is 1. The molecule has 2 aliphatic heterocycles. The molecule has 24 heavy (non-hydrogen) atoms. The van der Waals surface area contributed by atoms with Gasteiger partial charge in [-0.3, -0.25) is 29.3 Å². The lowest BCUT2D eigenvalue weighted by Gasteiger charge is -2.26. The summed E-state index contributed by atoms with van der Waals surface area (Å²) >= 11 is 0. The number of carbonyl (C=O) groups excluding carboxylic acids is 4. The van der Waals surface area contributed by atoms with Crippen LogP contribution in [0.15, 0.2) is 11.3 Å². The minimum absolute atomic E-state index is 0.0425. The number of imide groups is 2. The highest BCUT2D eigenvalue weighted by atomic mass is 16.4. The van der Waals surface area contributed by atoms with Gasteiger partial charge in [0.2, 0.25) is 11.8 Å². The number of rotatable bonds is 4. The Hall–Kier alpha value is -2.51. The summed E-state index contributed by atoms with van der Waals surface area (Å²) < 4.78 is 0. The van der Waals surface area contributed by atoms with Crippen LogP contribution in [0.2, 0.25) is 0 Å². The Morgan fingerprint density at radius 2 is 1.58 bits per heavy atom. The number of likely N-dealkylation sites (tertiary alicyclic amines) is 1. The molecule has 0 radical (unpaired) electrons. The van der Waals surface area contributed by atoms with Crippen molar-refractivity contribution in [2.24, 2.45) is 11.8 Å². The lowest BCUT2D eigenvalue weighted by atomic mass is 9.79. The van der Waals surface area contributed by atoms with Crippen LogP contribution in [-0.4, -0.2) is 39.6 Å². The van der Waals surface area contributed by atoms with Crippen LogP contribution in [0.1, 0.15) is 44.9 Å². The van der Waals surface area contributed by atoms with Crippen molar-refractivity contribution < 1.29 is 29.1 Å². The highest BCUT2D eigenvalue weighted by molar-refractivity contribution is 6.23. The van der Waals surface area contributed by atoms with Crippen molar-refractivity contribution in [3.63, 3.8) is 0 Å². The molecule has 0 atom stereocenters. The van der Waals surface area contributed by atoms with Crippen LogP contribution in [0.5, 0.6) is 0 Å². The van der Waals surface area contributed by atoms with E-state index in [0.717, 1.165) is 4.90 Å². The summed E-state index contributed by atoms with van der Waals surface area (Å²) in [6.07, 6.45) is 2.69. The molecular formula is C16H18N2O6. The highest BCUT2D eigenvalue weighted by Gasteiger charge is 2.42. The summed E-state index contributed by atoms with van der Waals surface area (Å²) in [5.74, 6) is -3.32. The molecule has 3 aliphatic rings. The van der Waals surface area contributed by atoms with Gasteiger partial charge in [0.05, 0.1) is 5.92 Å². The highest BCUT2D eigenvalue weighted by Crippen LogP contribution is 2.35. The quantitative estimate of drug-likeness (QED) is 0.715. The van der Waals surface area contributed by atoms with Crippen molar-refractivity contribution in [2.75, 3.05) is 0 Å². The van der Waals surface area contributed by atoms with Gasteiger partial charge < -0.3 is 5.11 Å². The summed E-state index contributed by atoms with van der Waals surface area (Å²) in [6, 6.07) is 0. The zero-order chi connectivity index (χ0) is 17.4. The third-order valence-electron chi connectivity index (χ3n) is 4.97. The summed E-state index contributed by atoms with van der Waals surface area (Å²) in [5.41, 5.74) is 0.0373. The molecule has 2 heterocycles. The Labute approximate surface area is 137 Å². The maximum absolute atomic E-state index is 12.1. The number of nitrogens with zero attached hydrogens (tertiary/aromatic N) is 1. The van der Waals surface area contributed by atoms with Crippen LogP contribution in [0.3, 0.4) is 0 Å². The van der Waals surface area contributed by atoms with E-state index in [4.69, 9.17) is 5.11 Å². The first-order valence-electron chi connectivity index (χ1n) is 8.06. The van der Waals surface area contributed by atoms with E-state index >= 15 is 0 Å². The Morgan fingerprint density at radius 3 is 2.12 bits per heavy atom. The minimum Gasteiger partial charge on any atom is -0.481 e. The van der Waals surface area contributed by atoms with Crippen molar-refractivity contribution in [1.29, 1.82) is 0 Å². The van der Waals surface area contributed by atoms with E-state index in [1.807, 2.05) is 0 Å². The Kier molecular flexibility index (Phi) is 4.21. The average molecular weight is 334 g/mol. The average Bonchev–Trinajstić information content (AvgIpc) is 2.99. The molecule has 1 saturated carbocycles. The van der Waals surface area contributed by atoms with Crippen molar-refractivity contribution in [2.45, 2.75) is 44.9 Å². The molecule has 0 spiro atoms. The van der Waals surface area contributed by atoms with E-state index in [2.05, 4.69) is 5.32 Å². The van der Waals surface area contributed by atoms with Crippen LogP contribution in [0, 0.1) is 11.8 Å². The third kappa shape index (κ3) is 2.83. The molecule has 0 bridgehead atoms. The lowest BCUT2D eigenvalue weighted by molar-refractivity contribution is -0.143. The second-order valence-electron chi connectivity index (χ2n) is 6.49. The van der Waals surface area contributed by atoms with Crippen molar-refractivity contribution in [3.05, 3.63) is 11.3 Å². The van der Waals surface area contributed by atoms with E-state index in [1.54, 1.807) is 0 Å². The fourth-order valence-corrected chi connectivity index (χ4v) is 3.64. The first-order chi connectivity index (χ1) is 11.4. The van der Waals surface area contributed by atoms with Crippen LogP contribution < -0.4 is 5.32 Å². The number of carbonyl (C=O) groups is 5. The third-order valence-corrected chi connectivity index (χ3v) is 4.97. The molecule has 0 aromatic rings. The van der Waals surface area contributed by atoms with Gasteiger partial charge in [-0.1, -0.05) is 0 Å². The zero-order valence-corrected chi connectivity index (χ0v) is 13.0. The molecule has 2 N–H and O–H groups in total. The molecule has 0 aromatic heterocycles. The van der Waals surface area contributed by atoms with Crippen LogP contribution in [0.4, 0.5) is 0 Å². The summed E-state index contributed by atoms with van der Waals surface area (Å²) in [6.45, 7) is 0. The lowest BCUT2D eigenvalue weighted by Crippen LogP contribution is -2.34. The van der Waals surface area contributed by atoms with E-state index < -0.39 is 29.6 Å². The molecule has 4 amide bonds. The number of amides is 4. The number of aliphatic carboxylic acids is 1. The molecule has 3 rings (SSSR count). The van der Waals surface area contributed by atoms with Gasteiger partial charge >= 0.3 is 5.97 Å². The second kappa shape index (κ2) is 6.18. The van der Waals surface area contributed by atoms with E-state index in [9.17, 15) is 24.0 Å². The summed E-state index contributed by atoms with van der Waals surface area (Å²) in [7, 11) is 0. The molecule has 2 fully saturated rings. The normalized spacial score (nSPS) is 27.9. The maximum Gasteiger partial charge on any atom is 0.306 e. The molecule has 1 aliphatic carbocycles. The molecule has 0 aromatic carbocycles. The van der Waals surface area contributed by atoms with E-state index in [1.165, 1.54) is 0 Å². The first-order valence-corrected chi connectivity index (χ1v) is 8.06. The van der Waals surface area contributed by atoms with Crippen LogP contribution in [-0.2, 0) is 24.0 Å². The number of carboxylic acid groups (broad SMARTS) is 1. The van der Waals surface area contributed by atoms with Crippen molar-refractivity contribution in [3.8, 4) is 0 Å². The van der Waals surface area contributed by atoms with Crippen molar-refractivity contribution in [1.82, 2.24) is 10.2 Å². The largest absolute Gasteiger partial charge is 0.481 e. The number of hydrogen-bond donors (Lipinski definition) is 2. The zero-order valence-electron chi connectivity index (χ0n) is 13.0. The van der Waals surface area contributed by atoms with E-state index in [-0.39, 0.29) is 42.4 Å². The molecule has 128 valence electrons. The number of nitrogens with one attached hydrogen (secondary N) is 1. The fraction of sp³-hybridized carbons (Fsp3) is 0.562. The Bertz CT molecular complexity index is 656. The van der Waals surface area contributed by atoms with Gasteiger partial charge in [-0.15, -0.1) is 0 Å². The Morgan fingerprint density at radius 1 is 1.00 bits per heavy atom. The predicted molar refractivity (Wildman–Crippen MR) is 79.0 cm³/mol. The van der Waals surface area contributed by atoms with Gasteiger partial charge in [-0.2, -0.15) is 0 Å². The van der Waals surface area contributed by atoms with E-state index in [0.29, 0.717) is 25.7 Å². The second-order valence-corrected chi connectivity index (χ2v) is 6.49. The van der Waals surface area contributed by atoms with Gasteiger partial charge in [-0.25, -0.2) is 4.90 Å². The van der Waals surface area contributed by atoms with Crippen LogP contribution in [0.25, 0.3) is 0 Å². The fourth-order valence-electron chi connectivity index (χ4n) is 3.64. The number of hydrogen-bond acceptors (Lipinski definition) is 5. The van der Waals surface area contributed by atoms with Gasteiger partial charge in [0.1, 0.15) is 5.70 Å². The minimum atomic E-state index is -0.810. The topological polar surface area (TPSA) is 121 Å². The smallest absolute Gasteiger partial charge is 0.306 e. The van der Waals surface area contributed by atoms with Gasteiger partial charge in [0.15, 0.2) is 0 Å². The SMILES string of the molecule is O=C1NC(=O)C(N2C(=O)CCC2=O)=C1CC1CCC(C(=O)O)CC1. The summed E-state index contributed by atoms with van der Waals surface area (Å²) in [5, 5.41) is 11.2. The van der Waals surface area contributed by atoms with Crippen LogP contribution >= 0.6 is 0 Å². The summed E-state index contributed by atoms with van der Waals surface area (Å²) in [4.78, 5) is 59.7. The standard InChI is InChI=1S/C16H18N2O6/c19-11-5-6-12(20)18(11)13-10(14(21)17-15(13)22)7-8-1-3-9(4-2-8)16(23)24/h8-9H,1-7H2,(H,23,24)(H,17,21,22). The van der Waals surface area contributed by atoms with Gasteiger partial charge in [0.25, 0.3) is 11.8 Å². The maximum atomic E-state index is 12.1. The first kappa shape index (κ1) is 16.4. The monoisotopic (exact) mass is 334 g/mol. The van der Waals surface area contributed by atoms with Gasteiger partial charge in [-0.05, 0) is 38.0 Å². The van der Waals surface area contributed by atoms with Crippen molar-refractivity contribution >= 4 is 29.6 Å². The molecule has 8 heteroatoms. The Balaban J connectivity index is 1.80. The predicted octanol–water partition coefficient (Wildman–Crippen LogP) is 0.327. The molecule has 1 saturated heterocycles. The molecule has 8 nitrogen and oxygen atoms in total. The molecular weight excluding hydrogens is 316 g/mol.